The molecule has 7 heteroatoms. The molecule has 2 unspecified atom stereocenters. The summed E-state index contributed by atoms with van der Waals surface area (Å²) in [5, 5.41) is 12.7. The van der Waals surface area contributed by atoms with E-state index in [1.165, 1.54) is 0 Å². The number of morpholine rings is 1. The number of amidine groups is 1. The average Bonchev–Trinajstić information content (AvgIpc) is 3.12. The molecule has 1 fully saturated rings. The Morgan fingerprint density at radius 2 is 1.69 bits per heavy atom. The van der Waals surface area contributed by atoms with Gasteiger partial charge in [-0.2, -0.15) is 5.26 Å². The quantitative estimate of drug-likeness (QED) is 0.588. The van der Waals surface area contributed by atoms with E-state index in [0.717, 1.165) is 5.56 Å². The molecule has 2 aliphatic heterocycles. The number of carbonyl (C=O) groups is 2. The molecule has 0 aromatic heterocycles. The normalized spacial score (nSPS) is 21.3. The third-order valence-corrected chi connectivity index (χ3v) is 5.48. The van der Waals surface area contributed by atoms with E-state index in [1.807, 2.05) is 51.1 Å². The van der Waals surface area contributed by atoms with Crippen molar-refractivity contribution in [1.29, 1.82) is 5.26 Å². The van der Waals surface area contributed by atoms with Crippen molar-refractivity contribution in [2.24, 2.45) is 4.99 Å². The van der Waals surface area contributed by atoms with Crippen LogP contribution in [-0.2, 0) is 9.53 Å². The number of nitrogens with one attached hydrogen (secondary N) is 1. The molecule has 162 valence electrons. The predicted molar refractivity (Wildman–Crippen MR) is 121 cm³/mol. The minimum atomic E-state index is -0.380. The highest BCUT2D eigenvalue weighted by Gasteiger charge is 2.32. The van der Waals surface area contributed by atoms with Crippen LogP contribution in [0.25, 0.3) is 5.70 Å². The van der Waals surface area contributed by atoms with E-state index in [-0.39, 0.29) is 35.3 Å². The van der Waals surface area contributed by atoms with Gasteiger partial charge in [0.25, 0.3) is 11.8 Å². The fourth-order valence-electron chi connectivity index (χ4n) is 4.00. The molecule has 0 bridgehead atoms. The zero-order valence-electron chi connectivity index (χ0n) is 18.3. The molecule has 0 spiro atoms. The second kappa shape index (κ2) is 8.77. The number of amides is 2. The number of rotatable bonds is 2. The Bertz CT molecular complexity index is 1160. The Morgan fingerprint density at radius 1 is 1.06 bits per heavy atom. The number of aliphatic imine (C=N–C) groups is 1. The first-order valence-corrected chi connectivity index (χ1v) is 10.5. The summed E-state index contributed by atoms with van der Waals surface area (Å²) in [4.78, 5) is 32.1. The van der Waals surface area contributed by atoms with Gasteiger partial charge < -0.3 is 15.0 Å². The molecular weight excluding hydrogens is 404 g/mol. The van der Waals surface area contributed by atoms with Crippen LogP contribution < -0.4 is 5.32 Å². The van der Waals surface area contributed by atoms with Crippen LogP contribution in [0.4, 0.5) is 0 Å². The third kappa shape index (κ3) is 4.18. The first-order valence-electron chi connectivity index (χ1n) is 10.5. The van der Waals surface area contributed by atoms with Gasteiger partial charge in [0.15, 0.2) is 0 Å². The van der Waals surface area contributed by atoms with Crippen molar-refractivity contribution in [2.45, 2.75) is 33.0 Å². The summed E-state index contributed by atoms with van der Waals surface area (Å²) in [5.41, 5.74) is 3.11. The molecule has 0 radical (unpaired) electrons. The van der Waals surface area contributed by atoms with Gasteiger partial charge in [-0.1, -0.05) is 42.0 Å². The fraction of sp³-hybridized carbons (Fsp3) is 0.280. The average molecular weight is 428 g/mol. The van der Waals surface area contributed by atoms with Crippen LogP contribution in [0.15, 0.2) is 59.1 Å². The Labute approximate surface area is 187 Å². The summed E-state index contributed by atoms with van der Waals surface area (Å²) < 4.78 is 5.70. The molecule has 4 rings (SSSR count). The highest BCUT2D eigenvalue weighted by atomic mass is 16.5. The topological polar surface area (TPSA) is 94.8 Å². The number of ether oxygens (including phenoxy) is 1. The van der Waals surface area contributed by atoms with Crippen molar-refractivity contribution in [1.82, 2.24) is 10.2 Å². The zero-order valence-corrected chi connectivity index (χ0v) is 18.3. The van der Waals surface area contributed by atoms with Crippen LogP contribution in [0.5, 0.6) is 0 Å². The maximum atomic E-state index is 13.2. The highest BCUT2D eigenvalue weighted by molar-refractivity contribution is 6.20. The summed E-state index contributed by atoms with van der Waals surface area (Å²) in [5.74, 6) is -0.361. The van der Waals surface area contributed by atoms with Crippen LogP contribution in [-0.4, -0.2) is 47.8 Å². The number of nitrogens with zero attached hydrogens (tertiary/aromatic N) is 3. The van der Waals surface area contributed by atoms with Gasteiger partial charge >= 0.3 is 0 Å². The van der Waals surface area contributed by atoms with Gasteiger partial charge in [0.2, 0.25) is 0 Å². The lowest BCUT2D eigenvalue weighted by molar-refractivity contribution is -0.138. The largest absolute Gasteiger partial charge is 0.372 e. The number of hydrogen-bond acceptors (Lipinski definition) is 5. The summed E-state index contributed by atoms with van der Waals surface area (Å²) in [6.07, 6.45) is -0.229. The molecule has 2 aliphatic rings. The maximum Gasteiger partial charge on any atom is 0.266 e. The van der Waals surface area contributed by atoms with Crippen molar-refractivity contribution in [3.05, 3.63) is 76.4 Å². The Hall–Kier alpha value is -3.76. The molecule has 2 heterocycles. The monoisotopic (exact) mass is 428 g/mol. The van der Waals surface area contributed by atoms with Crippen LogP contribution in [0.1, 0.15) is 40.9 Å². The van der Waals surface area contributed by atoms with E-state index in [9.17, 15) is 14.9 Å². The van der Waals surface area contributed by atoms with Crippen LogP contribution >= 0.6 is 0 Å². The summed E-state index contributed by atoms with van der Waals surface area (Å²) >= 11 is 0. The number of benzene rings is 2. The van der Waals surface area contributed by atoms with Gasteiger partial charge in [0.1, 0.15) is 17.5 Å². The Kier molecular flexibility index (Phi) is 5.89. The summed E-state index contributed by atoms with van der Waals surface area (Å²) in [6.45, 7) is 6.56. The van der Waals surface area contributed by atoms with Crippen molar-refractivity contribution < 1.29 is 14.3 Å². The van der Waals surface area contributed by atoms with Crippen LogP contribution in [0.2, 0.25) is 0 Å². The van der Waals surface area contributed by atoms with Gasteiger partial charge in [-0.3, -0.25) is 9.59 Å². The van der Waals surface area contributed by atoms with Crippen LogP contribution in [0, 0.1) is 18.3 Å². The second-order valence-corrected chi connectivity index (χ2v) is 8.13. The molecule has 0 aliphatic carbocycles. The molecule has 32 heavy (non-hydrogen) atoms. The molecule has 2 aromatic rings. The molecule has 0 saturated carbocycles. The lowest BCUT2D eigenvalue weighted by atomic mass is 10.0. The fourth-order valence-corrected chi connectivity index (χ4v) is 4.00. The lowest BCUT2D eigenvalue weighted by Crippen LogP contribution is -2.48. The Morgan fingerprint density at radius 3 is 2.31 bits per heavy atom. The molecule has 2 atom stereocenters. The SMILES string of the molecule is Cc1ccc(C(=O)NC2=N/C(=C(/C#N)C(=O)N3CC(C)OC(C)C3)c3ccccc32)cc1. The maximum absolute atomic E-state index is 13.2. The smallest absolute Gasteiger partial charge is 0.266 e. The predicted octanol–water partition coefficient (Wildman–Crippen LogP) is 3.06. The van der Waals surface area contributed by atoms with Crippen molar-refractivity contribution in [2.75, 3.05) is 13.1 Å². The summed E-state index contributed by atoms with van der Waals surface area (Å²) in [7, 11) is 0. The molecular formula is C25H24N4O3. The van der Waals surface area contributed by atoms with E-state index in [4.69, 9.17) is 4.74 Å². The van der Waals surface area contributed by atoms with Crippen molar-refractivity contribution >= 4 is 23.3 Å². The summed E-state index contributed by atoms with van der Waals surface area (Å²) in [6, 6.07) is 16.5. The number of aryl methyl sites for hydroxylation is 1. The number of hydrogen-bond donors (Lipinski definition) is 1. The van der Waals surface area contributed by atoms with E-state index in [1.54, 1.807) is 23.1 Å². The zero-order chi connectivity index (χ0) is 22.8. The van der Waals surface area contributed by atoms with E-state index in [2.05, 4.69) is 16.4 Å². The highest BCUT2D eigenvalue weighted by Crippen LogP contribution is 2.31. The van der Waals surface area contributed by atoms with Crippen molar-refractivity contribution in [3.63, 3.8) is 0 Å². The molecule has 1 N–H and O–H groups in total. The first kappa shape index (κ1) is 21.5. The standard InChI is InChI=1S/C25H24N4O3/c1-15-8-10-18(11-9-15)24(30)28-23-20-7-5-4-6-19(20)22(27-23)21(12-26)25(31)29-13-16(2)32-17(3)14-29/h4-11,16-17H,13-14H2,1-3H3,(H,27,28,30)/b22-21-. The number of carbonyl (C=O) groups excluding carboxylic acids is 2. The first-order chi connectivity index (χ1) is 15.4. The van der Waals surface area contributed by atoms with E-state index in [0.29, 0.717) is 35.6 Å². The van der Waals surface area contributed by atoms with Crippen LogP contribution in [0.3, 0.4) is 0 Å². The number of nitriles is 1. The van der Waals surface area contributed by atoms with Gasteiger partial charge in [0.05, 0.1) is 17.9 Å². The van der Waals surface area contributed by atoms with Gasteiger partial charge in [-0.05, 0) is 32.9 Å². The molecule has 2 amide bonds. The second-order valence-electron chi connectivity index (χ2n) is 8.13. The van der Waals surface area contributed by atoms with E-state index < -0.39 is 0 Å². The van der Waals surface area contributed by atoms with E-state index >= 15 is 0 Å². The Balaban J connectivity index is 1.69. The molecule has 7 nitrogen and oxygen atoms in total. The van der Waals surface area contributed by atoms with Crippen molar-refractivity contribution in [3.8, 4) is 6.07 Å². The minimum Gasteiger partial charge on any atom is -0.372 e. The number of fused-ring (bicyclic) bond motifs is 1. The lowest BCUT2D eigenvalue weighted by Gasteiger charge is -2.35. The van der Waals surface area contributed by atoms with Gasteiger partial charge in [-0.15, -0.1) is 0 Å². The minimum absolute atomic E-state index is 0.0432. The van der Waals surface area contributed by atoms with Gasteiger partial charge in [-0.25, -0.2) is 4.99 Å². The van der Waals surface area contributed by atoms with Gasteiger partial charge in [0, 0.05) is 29.8 Å². The molecule has 2 aromatic carbocycles. The molecule has 1 saturated heterocycles. The third-order valence-electron chi connectivity index (χ3n) is 5.48.